The van der Waals surface area contributed by atoms with Gasteiger partial charge in [0, 0.05) is 18.3 Å². The highest BCUT2D eigenvalue weighted by Gasteiger charge is 2.45. The first-order chi connectivity index (χ1) is 10.6. The van der Waals surface area contributed by atoms with Gasteiger partial charge in [0.1, 0.15) is 0 Å². The number of aromatic nitrogens is 1. The van der Waals surface area contributed by atoms with Crippen LogP contribution in [0.5, 0.6) is 0 Å². The molecule has 2 aromatic rings. The van der Waals surface area contributed by atoms with E-state index in [0.717, 1.165) is 23.5 Å². The van der Waals surface area contributed by atoms with Crippen molar-refractivity contribution in [3.8, 4) is 0 Å². The monoisotopic (exact) mass is 314 g/mol. The molecule has 0 unspecified atom stereocenters. The molecular weight excluding hydrogens is 292 g/mol. The van der Waals surface area contributed by atoms with E-state index in [1.54, 1.807) is 11.3 Å². The van der Waals surface area contributed by atoms with E-state index in [1.165, 1.54) is 11.1 Å². The summed E-state index contributed by atoms with van der Waals surface area (Å²) in [7, 11) is 1.89. The van der Waals surface area contributed by atoms with Crippen LogP contribution in [-0.4, -0.2) is 22.8 Å². The zero-order valence-electron chi connectivity index (χ0n) is 13.4. The SMILES string of the molecule is CCc1nc(CN(C)C(=O)[C@H]2C[C@H]2c2cccc(C)c2)cs1. The van der Waals surface area contributed by atoms with Gasteiger partial charge in [0.05, 0.1) is 17.2 Å². The van der Waals surface area contributed by atoms with Gasteiger partial charge in [-0.2, -0.15) is 0 Å². The van der Waals surface area contributed by atoms with Gasteiger partial charge in [-0.15, -0.1) is 11.3 Å². The summed E-state index contributed by atoms with van der Waals surface area (Å²) in [6.07, 6.45) is 1.93. The molecule has 1 saturated carbocycles. The van der Waals surface area contributed by atoms with Crippen LogP contribution in [0.25, 0.3) is 0 Å². The molecule has 2 atom stereocenters. The third kappa shape index (κ3) is 3.22. The van der Waals surface area contributed by atoms with Crippen LogP contribution in [-0.2, 0) is 17.8 Å². The summed E-state index contributed by atoms with van der Waals surface area (Å²) in [5.41, 5.74) is 3.57. The van der Waals surface area contributed by atoms with Crippen molar-refractivity contribution in [2.75, 3.05) is 7.05 Å². The molecule has 1 heterocycles. The molecule has 1 aromatic heterocycles. The van der Waals surface area contributed by atoms with E-state index in [2.05, 4.69) is 48.5 Å². The summed E-state index contributed by atoms with van der Waals surface area (Å²) in [6.45, 7) is 4.82. The molecule has 3 rings (SSSR count). The quantitative estimate of drug-likeness (QED) is 0.841. The van der Waals surface area contributed by atoms with Gasteiger partial charge >= 0.3 is 0 Å². The average molecular weight is 314 g/mol. The lowest BCUT2D eigenvalue weighted by Crippen LogP contribution is -2.28. The number of amides is 1. The molecule has 1 aromatic carbocycles. The highest BCUT2D eigenvalue weighted by molar-refractivity contribution is 7.09. The maximum absolute atomic E-state index is 12.6. The Kier molecular flexibility index (Phi) is 4.30. The van der Waals surface area contributed by atoms with Gasteiger partial charge in [-0.1, -0.05) is 36.8 Å². The zero-order chi connectivity index (χ0) is 15.7. The summed E-state index contributed by atoms with van der Waals surface area (Å²) < 4.78 is 0. The van der Waals surface area contributed by atoms with E-state index in [1.807, 2.05) is 11.9 Å². The van der Waals surface area contributed by atoms with E-state index in [4.69, 9.17) is 0 Å². The first kappa shape index (κ1) is 15.2. The predicted octanol–water partition coefficient (Wildman–Crippen LogP) is 3.78. The lowest BCUT2D eigenvalue weighted by molar-refractivity contribution is -0.131. The summed E-state index contributed by atoms with van der Waals surface area (Å²) in [5.74, 6) is 0.796. The fourth-order valence-electron chi connectivity index (χ4n) is 2.92. The minimum absolute atomic E-state index is 0.149. The Balaban J connectivity index is 1.60. The second-order valence-electron chi connectivity index (χ2n) is 6.14. The number of aryl methyl sites for hydroxylation is 2. The Hall–Kier alpha value is -1.68. The van der Waals surface area contributed by atoms with E-state index in [0.29, 0.717) is 12.5 Å². The van der Waals surface area contributed by atoms with Crippen LogP contribution < -0.4 is 0 Å². The Morgan fingerprint density at radius 3 is 2.95 bits per heavy atom. The lowest BCUT2D eigenvalue weighted by Gasteiger charge is -2.16. The smallest absolute Gasteiger partial charge is 0.226 e. The van der Waals surface area contributed by atoms with Crippen LogP contribution in [0.2, 0.25) is 0 Å². The second kappa shape index (κ2) is 6.21. The van der Waals surface area contributed by atoms with Gasteiger partial charge in [-0.05, 0) is 31.2 Å². The largest absolute Gasteiger partial charge is 0.340 e. The lowest BCUT2D eigenvalue weighted by atomic mass is 10.1. The van der Waals surface area contributed by atoms with Crippen molar-refractivity contribution in [1.82, 2.24) is 9.88 Å². The van der Waals surface area contributed by atoms with Gasteiger partial charge in [0.25, 0.3) is 0 Å². The Bertz CT molecular complexity index is 679. The van der Waals surface area contributed by atoms with Gasteiger partial charge < -0.3 is 4.90 Å². The molecular formula is C18H22N2OS. The van der Waals surface area contributed by atoms with Gasteiger partial charge in [0.2, 0.25) is 5.91 Å². The Labute approximate surface area is 136 Å². The van der Waals surface area contributed by atoms with E-state index in [-0.39, 0.29) is 11.8 Å². The van der Waals surface area contributed by atoms with Gasteiger partial charge in [0.15, 0.2) is 0 Å². The molecule has 0 saturated heterocycles. The summed E-state index contributed by atoms with van der Waals surface area (Å²) >= 11 is 1.68. The van der Waals surface area contributed by atoms with Gasteiger partial charge in [-0.25, -0.2) is 4.98 Å². The van der Waals surface area contributed by atoms with Crippen molar-refractivity contribution in [1.29, 1.82) is 0 Å². The molecule has 1 aliphatic rings. The van der Waals surface area contributed by atoms with Crippen molar-refractivity contribution in [2.24, 2.45) is 5.92 Å². The Morgan fingerprint density at radius 1 is 1.45 bits per heavy atom. The molecule has 1 aliphatic carbocycles. The molecule has 3 nitrogen and oxygen atoms in total. The summed E-state index contributed by atoms with van der Waals surface area (Å²) in [5, 5.41) is 3.20. The van der Waals surface area contributed by atoms with Crippen LogP contribution in [0.1, 0.15) is 41.1 Å². The van der Waals surface area contributed by atoms with E-state index >= 15 is 0 Å². The van der Waals surface area contributed by atoms with Crippen LogP contribution in [0.4, 0.5) is 0 Å². The van der Waals surface area contributed by atoms with Crippen molar-refractivity contribution >= 4 is 17.2 Å². The fraction of sp³-hybridized carbons (Fsp3) is 0.444. The van der Waals surface area contributed by atoms with Crippen LogP contribution in [0.15, 0.2) is 29.6 Å². The molecule has 0 radical (unpaired) electrons. The van der Waals surface area contributed by atoms with Crippen molar-refractivity contribution in [3.05, 3.63) is 51.5 Å². The number of hydrogen-bond donors (Lipinski definition) is 0. The normalized spacial score (nSPS) is 20.0. The predicted molar refractivity (Wildman–Crippen MR) is 90.0 cm³/mol. The van der Waals surface area contributed by atoms with Crippen molar-refractivity contribution in [3.63, 3.8) is 0 Å². The number of nitrogens with zero attached hydrogens (tertiary/aromatic N) is 2. The topological polar surface area (TPSA) is 33.2 Å². The Morgan fingerprint density at radius 2 is 2.27 bits per heavy atom. The molecule has 1 fully saturated rings. The minimum atomic E-state index is 0.149. The van der Waals surface area contributed by atoms with Crippen molar-refractivity contribution < 1.29 is 4.79 Å². The highest BCUT2D eigenvalue weighted by Crippen LogP contribution is 2.48. The summed E-state index contributed by atoms with van der Waals surface area (Å²) in [6, 6.07) is 8.52. The van der Waals surface area contributed by atoms with Gasteiger partial charge in [-0.3, -0.25) is 4.79 Å². The molecule has 0 spiro atoms. The minimum Gasteiger partial charge on any atom is -0.340 e. The van der Waals surface area contributed by atoms with Crippen LogP contribution in [0, 0.1) is 12.8 Å². The molecule has 0 aliphatic heterocycles. The maximum Gasteiger partial charge on any atom is 0.226 e. The standard InChI is InChI=1S/C18H22N2OS/c1-4-17-19-14(11-22-17)10-20(3)18(21)16-9-15(16)13-7-5-6-12(2)8-13/h5-8,11,15-16H,4,9-10H2,1-3H3/t15-,16-/m0/s1. The molecule has 0 N–H and O–H groups in total. The molecule has 116 valence electrons. The second-order valence-corrected chi connectivity index (χ2v) is 7.09. The molecule has 1 amide bonds. The third-order valence-corrected chi connectivity index (χ3v) is 5.30. The molecule has 4 heteroatoms. The zero-order valence-corrected chi connectivity index (χ0v) is 14.2. The molecule has 22 heavy (non-hydrogen) atoms. The fourth-order valence-corrected chi connectivity index (χ4v) is 3.66. The number of hydrogen-bond acceptors (Lipinski definition) is 3. The first-order valence-electron chi connectivity index (χ1n) is 7.83. The number of carbonyl (C=O) groups is 1. The number of rotatable bonds is 5. The highest BCUT2D eigenvalue weighted by atomic mass is 32.1. The average Bonchev–Trinajstić information content (AvgIpc) is 3.19. The molecule has 0 bridgehead atoms. The van der Waals surface area contributed by atoms with Crippen molar-refractivity contribution in [2.45, 2.75) is 39.2 Å². The third-order valence-electron chi connectivity index (χ3n) is 4.26. The maximum atomic E-state index is 12.6. The first-order valence-corrected chi connectivity index (χ1v) is 8.71. The summed E-state index contributed by atoms with van der Waals surface area (Å²) in [4.78, 5) is 18.9. The van der Waals surface area contributed by atoms with Crippen LogP contribution >= 0.6 is 11.3 Å². The van der Waals surface area contributed by atoms with Crippen LogP contribution in [0.3, 0.4) is 0 Å². The van der Waals surface area contributed by atoms with E-state index in [9.17, 15) is 4.79 Å². The van der Waals surface area contributed by atoms with E-state index < -0.39 is 0 Å². The number of thiazole rings is 1. The number of carbonyl (C=O) groups excluding carboxylic acids is 1. The number of benzene rings is 1.